The van der Waals surface area contributed by atoms with Crippen molar-refractivity contribution in [3.05, 3.63) is 47.5 Å². The van der Waals surface area contributed by atoms with Crippen molar-refractivity contribution in [2.24, 2.45) is 0 Å². The maximum absolute atomic E-state index is 5.47. The molecule has 1 heteroatoms. The predicted molar refractivity (Wildman–Crippen MR) is 49.9 cm³/mol. The van der Waals surface area contributed by atoms with Crippen LogP contribution in [0.15, 0.2) is 41.9 Å². The van der Waals surface area contributed by atoms with Crippen molar-refractivity contribution < 1.29 is 0 Å². The van der Waals surface area contributed by atoms with Crippen LogP contribution in [-0.4, -0.2) is 0 Å². The van der Waals surface area contributed by atoms with Crippen LogP contribution in [0.4, 0.5) is 0 Å². The average Bonchev–Trinajstić information content (AvgIpc) is 2.07. The van der Waals surface area contributed by atoms with Crippen molar-refractivity contribution >= 4 is 11.6 Å². The minimum Gasteiger partial charge on any atom is -0.0933 e. The van der Waals surface area contributed by atoms with E-state index in [1.165, 1.54) is 5.56 Å². The summed E-state index contributed by atoms with van der Waals surface area (Å²) < 4.78 is 0. The van der Waals surface area contributed by atoms with Gasteiger partial charge in [0.2, 0.25) is 0 Å². The van der Waals surface area contributed by atoms with Gasteiger partial charge in [0, 0.05) is 11.5 Å². The molecule has 58 valence electrons. The van der Waals surface area contributed by atoms with Crippen LogP contribution >= 0.6 is 11.6 Å². The molecule has 0 amide bonds. The topological polar surface area (TPSA) is 0 Å². The summed E-state index contributed by atoms with van der Waals surface area (Å²) in [5.41, 5.74) is 2.86. The molecule has 0 nitrogen and oxygen atoms in total. The molecule has 0 aliphatic carbocycles. The molecule has 1 aromatic rings. The van der Waals surface area contributed by atoms with Gasteiger partial charge in [0.05, 0.1) is 0 Å². The summed E-state index contributed by atoms with van der Waals surface area (Å²) in [6.45, 7) is 2.12. The first-order valence-corrected chi connectivity index (χ1v) is 4.10. The van der Waals surface area contributed by atoms with Crippen LogP contribution in [0.25, 0.3) is 0 Å². The number of hydrogen-bond donors (Lipinski definition) is 0. The Kier molecular flexibility index (Phi) is 3.18. The van der Waals surface area contributed by atoms with E-state index in [-0.39, 0.29) is 0 Å². The summed E-state index contributed by atoms with van der Waals surface area (Å²) in [6.07, 6.45) is 1.97. The molecule has 11 heavy (non-hydrogen) atoms. The maximum atomic E-state index is 5.47. The average molecular weight is 167 g/mol. The van der Waals surface area contributed by atoms with E-state index in [0.717, 1.165) is 0 Å². The third-order valence-electron chi connectivity index (χ3n) is 1.69. The van der Waals surface area contributed by atoms with E-state index >= 15 is 0 Å². The van der Waals surface area contributed by atoms with Crippen LogP contribution in [0, 0.1) is 0 Å². The molecule has 0 aromatic heterocycles. The van der Waals surface area contributed by atoms with E-state index in [0.29, 0.717) is 5.92 Å². The van der Waals surface area contributed by atoms with Crippen LogP contribution in [0.3, 0.4) is 0 Å². The number of hydrogen-bond acceptors (Lipinski definition) is 0. The van der Waals surface area contributed by atoms with E-state index in [4.69, 9.17) is 11.6 Å². The van der Waals surface area contributed by atoms with Crippen LogP contribution in [-0.2, 0) is 0 Å². The molecule has 0 saturated carbocycles. The highest BCUT2D eigenvalue weighted by atomic mass is 35.5. The normalized spacial score (nSPS) is 13.6. The number of halogens is 1. The van der Waals surface area contributed by atoms with Gasteiger partial charge >= 0.3 is 0 Å². The molecular formula is C10H11Cl. The van der Waals surface area contributed by atoms with Gasteiger partial charge in [-0.05, 0) is 5.56 Å². The van der Waals surface area contributed by atoms with Crippen molar-refractivity contribution in [1.29, 1.82) is 0 Å². The molecule has 0 radical (unpaired) electrons. The second kappa shape index (κ2) is 4.20. The second-order valence-corrected chi connectivity index (χ2v) is 2.77. The zero-order chi connectivity index (χ0) is 8.10. The lowest BCUT2D eigenvalue weighted by Gasteiger charge is -2.03. The molecule has 0 spiro atoms. The lowest BCUT2D eigenvalue weighted by atomic mass is 10.0. The summed E-state index contributed by atoms with van der Waals surface area (Å²) in [7, 11) is 0. The zero-order valence-electron chi connectivity index (χ0n) is 6.50. The van der Waals surface area contributed by atoms with E-state index in [1.54, 1.807) is 5.54 Å². The van der Waals surface area contributed by atoms with Crippen molar-refractivity contribution in [3.63, 3.8) is 0 Å². The molecule has 0 aliphatic heterocycles. The highest BCUT2D eigenvalue weighted by Crippen LogP contribution is 2.15. The quantitative estimate of drug-likeness (QED) is 0.631. The Bertz CT molecular complexity index is 226. The first-order chi connectivity index (χ1) is 5.34. The van der Waals surface area contributed by atoms with Crippen molar-refractivity contribution in [2.45, 2.75) is 12.8 Å². The first-order valence-electron chi connectivity index (χ1n) is 3.66. The summed E-state index contributed by atoms with van der Waals surface area (Å²) >= 11 is 5.47. The number of allylic oxidation sites excluding steroid dienone is 1. The van der Waals surface area contributed by atoms with Crippen LogP contribution in [0.2, 0.25) is 0 Å². The molecule has 0 N–H and O–H groups in total. The molecular weight excluding hydrogens is 156 g/mol. The van der Waals surface area contributed by atoms with Gasteiger partial charge in [-0.15, -0.1) is 0 Å². The predicted octanol–water partition coefficient (Wildman–Crippen LogP) is 3.54. The van der Waals surface area contributed by atoms with E-state index < -0.39 is 0 Å². The van der Waals surface area contributed by atoms with E-state index in [9.17, 15) is 0 Å². The van der Waals surface area contributed by atoms with E-state index in [1.807, 2.05) is 24.3 Å². The van der Waals surface area contributed by atoms with Gasteiger partial charge in [0.15, 0.2) is 0 Å². The standard InChI is InChI=1S/C10H11Cl/c1-9(7-8-11)10-5-3-2-4-6-10/h2-9H,1H3. The number of rotatable bonds is 2. The van der Waals surface area contributed by atoms with Gasteiger partial charge < -0.3 is 0 Å². The molecule has 0 fully saturated rings. The van der Waals surface area contributed by atoms with Gasteiger partial charge in [-0.3, -0.25) is 0 Å². The Hall–Kier alpha value is -0.750. The lowest BCUT2D eigenvalue weighted by Crippen LogP contribution is -1.86. The lowest BCUT2D eigenvalue weighted by molar-refractivity contribution is 0.970. The fraction of sp³-hybridized carbons (Fsp3) is 0.200. The maximum Gasteiger partial charge on any atom is 0.000851 e. The minimum atomic E-state index is 0.411. The Morgan fingerprint density at radius 2 is 1.91 bits per heavy atom. The Balaban J connectivity index is 2.76. The van der Waals surface area contributed by atoms with Gasteiger partial charge in [0.1, 0.15) is 0 Å². The molecule has 0 bridgehead atoms. The molecule has 1 atom stereocenters. The van der Waals surface area contributed by atoms with E-state index in [2.05, 4.69) is 19.1 Å². The summed E-state index contributed by atoms with van der Waals surface area (Å²) in [6, 6.07) is 10.3. The minimum absolute atomic E-state index is 0.411. The highest BCUT2D eigenvalue weighted by Gasteiger charge is 1.97. The Morgan fingerprint density at radius 3 is 2.45 bits per heavy atom. The first kappa shape index (κ1) is 8.35. The number of benzene rings is 1. The molecule has 1 rings (SSSR count). The third-order valence-corrected chi connectivity index (χ3v) is 1.83. The monoisotopic (exact) mass is 166 g/mol. The molecule has 1 aromatic carbocycles. The molecule has 1 unspecified atom stereocenters. The fourth-order valence-corrected chi connectivity index (χ4v) is 1.20. The Morgan fingerprint density at radius 1 is 1.27 bits per heavy atom. The second-order valence-electron chi connectivity index (χ2n) is 2.52. The van der Waals surface area contributed by atoms with Gasteiger partial charge in [-0.25, -0.2) is 0 Å². The third kappa shape index (κ3) is 2.39. The van der Waals surface area contributed by atoms with Gasteiger partial charge in [-0.2, -0.15) is 0 Å². The van der Waals surface area contributed by atoms with Crippen LogP contribution < -0.4 is 0 Å². The summed E-state index contributed by atoms with van der Waals surface area (Å²) in [4.78, 5) is 0. The molecule has 0 saturated heterocycles. The smallest absolute Gasteiger partial charge is 0.000851 e. The van der Waals surface area contributed by atoms with Crippen molar-refractivity contribution in [2.75, 3.05) is 0 Å². The molecule has 0 aliphatic rings. The Labute approximate surface area is 72.5 Å². The van der Waals surface area contributed by atoms with Crippen molar-refractivity contribution in [3.8, 4) is 0 Å². The van der Waals surface area contributed by atoms with Crippen molar-refractivity contribution in [1.82, 2.24) is 0 Å². The largest absolute Gasteiger partial charge is 0.0933 e. The van der Waals surface area contributed by atoms with Gasteiger partial charge in [0.25, 0.3) is 0 Å². The highest BCUT2D eigenvalue weighted by molar-refractivity contribution is 6.25. The summed E-state index contributed by atoms with van der Waals surface area (Å²) in [5.74, 6) is 0.411. The molecule has 0 heterocycles. The van der Waals surface area contributed by atoms with Gasteiger partial charge in [-0.1, -0.05) is 54.9 Å². The zero-order valence-corrected chi connectivity index (χ0v) is 7.25. The van der Waals surface area contributed by atoms with Crippen LogP contribution in [0.5, 0.6) is 0 Å². The fourth-order valence-electron chi connectivity index (χ4n) is 0.977. The van der Waals surface area contributed by atoms with Crippen LogP contribution in [0.1, 0.15) is 18.4 Å². The summed E-state index contributed by atoms with van der Waals surface area (Å²) in [5, 5.41) is 0. The SMILES string of the molecule is CC(C=CCl)c1ccccc1.